The van der Waals surface area contributed by atoms with E-state index in [0.717, 1.165) is 16.5 Å². The molecule has 1 aromatic carbocycles. The van der Waals surface area contributed by atoms with Crippen LogP contribution in [0.1, 0.15) is 18.6 Å². The summed E-state index contributed by atoms with van der Waals surface area (Å²) in [5.74, 6) is 0.565. The van der Waals surface area contributed by atoms with Gasteiger partial charge in [-0.3, -0.25) is 0 Å². The quantitative estimate of drug-likeness (QED) is 0.814. The first-order valence-electron chi connectivity index (χ1n) is 4.84. The van der Waals surface area contributed by atoms with Gasteiger partial charge >= 0.3 is 0 Å². The van der Waals surface area contributed by atoms with E-state index in [-0.39, 0.29) is 0 Å². The van der Waals surface area contributed by atoms with Gasteiger partial charge < -0.3 is 9.84 Å². The van der Waals surface area contributed by atoms with Crippen LogP contribution in [-0.2, 0) is 0 Å². The Morgan fingerprint density at radius 2 is 2.07 bits per heavy atom. The van der Waals surface area contributed by atoms with Gasteiger partial charge in [0.25, 0.3) is 0 Å². The predicted molar refractivity (Wildman–Crippen MR) is 58.9 cm³/mol. The van der Waals surface area contributed by atoms with E-state index in [0.29, 0.717) is 5.88 Å². The van der Waals surface area contributed by atoms with Crippen molar-refractivity contribution in [1.29, 1.82) is 0 Å². The molecule has 0 aliphatic heterocycles. The molecule has 0 amide bonds. The van der Waals surface area contributed by atoms with Crippen molar-refractivity contribution in [1.82, 2.24) is 4.98 Å². The normalized spacial score (nSPS) is 12.7. The number of hydrogen-bond donors (Lipinski definition) is 1. The molecule has 0 fully saturated rings. The molecule has 2 rings (SSSR count). The number of rotatable bonds is 2. The Morgan fingerprint density at radius 1 is 1.27 bits per heavy atom. The summed E-state index contributed by atoms with van der Waals surface area (Å²) >= 11 is 0. The molecule has 0 saturated carbocycles. The summed E-state index contributed by atoms with van der Waals surface area (Å²) in [5.41, 5.74) is 1.62. The van der Waals surface area contributed by atoms with Crippen LogP contribution in [0.5, 0.6) is 5.88 Å². The van der Waals surface area contributed by atoms with E-state index in [9.17, 15) is 5.11 Å². The fourth-order valence-corrected chi connectivity index (χ4v) is 1.60. The lowest BCUT2D eigenvalue weighted by Crippen LogP contribution is -1.95. The molecule has 1 N–H and O–H groups in total. The molecular formula is C12H13NO2. The van der Waals surface area contributed by atoms with Crippen molar-refractivity contribution in [3.05, 3.63) is 35.9 Å². The number of benzene rings is 1. The number of fused-ring (bicyclic) bond motifs is 1. The average Bonchev–Trinajstić information content (AvgIpc) is 2.27. The second-order valence-corrected chi connectivity index (χ2v) is 3.45. The number of aromatic nitrogens is 1. The number of methoxy groups -OCH3 is 1. The van der Waals surface area contributed by atoms with Crippen LogP contribution in [0.2, 0.25) is 0 Å². The number of hydrogen-bond acceptors (Lipinski definition) is 3. The summed E-state index contributed by atoms with van der Waals surface area (Å²) in [6.45, 7) is 1.73. The SMILES string of the molecule is COc1ccc2cccc(C(C)O)c2n1. The van der Waals surface area contributed by atoms with E-state index in [4.69, 9.17) is 4.74 Å². The summed E-state index contributed by atoms with van der Waals surface area (Å²) < 4.78 is 5.06. The molecule has 1 atom stereocenters. The minimum Gasteiger partial charge on any atom is -0.481 e. The molecule has 1 unspecified atom stereocenters. The lowest BCUT2D eigenvalue weighted by molar-refractivity contribution is 0.200. The Balaban J connectivity index is 2.70. The van der Waals surface area contributed by atoms with Crippen molar-refractivity contribution in [2.75, 3.05) is 7.11 Å². The van der Waals surface area contributed by atoms with Crippen molar-refractivity contribution in [3.8, 4) is 5.88 Å². The monoisotopic (exact) mass is 203 g/mol. The van der Waals surface area contributed by atoms with E-state index in [1.165, 1.54) is 0 Å². The van der Waals surface area contributed by atoms with Crippen molar-refractivity contribution < 1.29 is 9.84 Å². The highest BCUT2D eigenvalue weighted by Crippen LogP contribution is 2.24. The van der Waals surface area contributed by atoms with Crippen LogP contribution < -0.4 is 4.74 Å². The minimum absolute atomic E-state index is 0.520. The molecule has 0 aliphatic rings. The number of nitrogens with zero attached hydrogens (tertiary/aromatic N) is 1. The third kappa shape index (κ3) is 1.78. The second kappa shape index (κ2) is 3.87. The van der Waals surface area contributed by atoms with Gasteiger partial charge in [-0.2, -0.15) is 0 Å². The van der Waals surface area contributed by atoms with Crippen molar-refractivity contribution >= 4 is 10.9 Å². The third-order valence-electron chi connectivity index (χ3n) is 2.39. The van der Waals surface area contributed by atoms with Crippen LogP contribution in [0.15, 0.2) is 30.3 Å². The molecule has 1 heterocycles. The molecule has 15 heavy (non-hydrogen) atoms. The van der Waals surface area contributed by atoms with Gasteiger partial charge in [-0.05, 0) is 13.0 Å². The predicted octanol–water partition coefficient (Wildman–Crippen LogP) is 2.30. The first kappa shape index (κ1) is 9.93. The summed E-state index contributed by atoms with van der Waals surface area (Å²) in [6.07, 6.45) is -0.520. The highest BCUT2D eigenvalue weighted by atomic mass is 16.5. The van der Waals surface area contributed by atoms with Crippen molar-refractivity contribution in [2.45, 2.75) is 13.0 Å². The molecule has 0 spiro atoms. The molecular weight excluding hydrogens is 190 g/mol. The first-order chi connectivity index (χ1) is 7.22. The molecule has 0 bridgehead atoms. The smallest absolute Gasteiger partial charge is 0.213 e. The van der Waals surface area contributed by atoms with E-state index < -0.39 is 6.10 Å². The fourth-order valence-electron chi connectivity index (χ4n) is 1.60. The topological polar surface area (TPSA) is 42.4 Å². The standard InChI is InChI=1S/C12H13NO2/c1-8(14)10-5-3-4-9-6-7-11(15-2)13-12(9)10/h3-8,14H,1-2H3. The van der Waals surface area contributed by atoms with Gasteiger partial charge in [0, 0.05) is 17.0 Å². The molecule has 3 nitrogen and oxygen atoms in total. The first-order valence-corrected chi connectivity index (χ1v) is 4.84. The van der Waals surface area contributed by atoms with Crippen LogP contribution in [0, 0.1) is 0 Å². The molecule has 1 aromatic heterocycles. The van der Waals surface area contributed by atoms with Crippen LogP contribution in [-0.4, -0.2) is 17.2 Å². The van der Waals surface area contributed by atoms with Gasteiger partial charge in [0.05, 0.1) is 18.7 Å². The maximum atomic E-state index is 9.60. The largest absolute Gasteiger partial charge is 0.481 e. The van der Waals surface area contributed by atoms with Crippen LogP contribution in [0.25, 0.3) is 10.9 Å². The highest BCUT2D eigenvalue weighted by molar-refractivity contribution is 5.82. The lowest BCUT2D eigenvalue weighted by atomic mass is 10.1. The van der Waals surface area contributed by atoms with E-state index in [2.05, 4.69) is 4.98 Å². The summed E-state index contributed by atoms with van der Waals surface area (Å²) in [4.78, 5) is 4.33. The van der Waals surface area contributed by atoms with Crippen LogP contribution in [0.3, 0.4) is 0 Å². The van der Waals surface area contributed by atoms with Crippen LogP contribution in [0.4, 0.5) is 0 Å². The van der Waals surface area contributed by atoms with E-state index >= 15 is 0 Å². The molecule has 3 heteroatoms. The lowest BCUT2D eigenvalue weighted by Gasteiger charge is -2.09. The van der Waals surface area contributed by atoms with Crippen LogP contribution >= 0.6 is 0 Å². The second-order valence-electron chi connectivity index (χ2n) is 3.45. The Labute approximate surface area is 88.3 Å². The van der Waals surface area contributed by atoms with E-state index in [1.807, 2.05) is 30.3 Å². The zero-order valence-corrected chi connectivity index (χ0v) is 8.77. The van der Waals surface area contributed by atoms with Gasteiger partial charge in [0.15, 0.2) is 0 Å². The Bertz CT molecular complexity index is 480. The molecule has 2 aromatic rings. The summed E-state index contributed by atoms with van der Waals surface area (Å²) in [7, 11) is 1.58. The molecule has 0 saturated heterocycles. The zero-order chi connectivity index (χ0) is 10.8. The van der Waals surface area contributed by atoms with E-state index in [1.54, 1.807) is 14.0 Å². The van der Waals surface area contributed by atoms with Crippen molar-refractivity contribution in [3.63, 3.8) is 0 Å². The summed E-state index contributed by atoms with van der Waals surface area (Å²) in [6, 6.07) is 9.51. The number of pyridine rings is 1. The molecule has 0 radical (unpaired) electrons. The van der Waals surface area contributed by atoms with Crippen molar-refractivity contribution in [2.24, 2.45) is 0 Å². The van der Waals surface area contributed by atoms with Gasteiger partial charge in [0.2, 0.25) is 5.88 Å². The highest BCUT2D eigenvalue weighted by Gasteiger charge is 2.07. The summed E-state index contributed by atoms with van der Waals surface area (Å²) in [5, 5.41) is 10.6. The zero-order valence-electron chi connectivity index (χ0n) is 8.77. The fraction of sp³-hybridized carbons (Fsp3) is 0.250. The number of para-hydroxylation sites is 1. The molecule has 78 valence electrons. The van der Waals surface area contributed by atoms with Gasteiger partial charge in [-0.15, -0.1) is 0 Å². The average molecular weight is 203 g/mol. The maximum Gasteiger partial charge on any atom is 0.213 e. The number of ether oxygens (including phenoxy) is 1. The van der Waals surface area contributed by atoms with Gasteiger partial charge in [0.1, 0.15) is 0 Å². The third-order valence-corrected chi connectivity index (χ3v) is 2.39. The van der Waals surface area contributed by atoms with Gasteiger partial charge in [-0.1, -0.05) is 18.2 Å². The number of aliphatic hydroxyl groups excluding tert-OH is 1. The number of aliphatic hydroxyl groups is 1. The maximum absolute atomic E-state index is 9.60. The molecule has 0 aliphatic carbocycles. The Kier molecular flexibility index (Phi) is 2.56. The Morgan fingerprint density at radius 3 is 2.73 bits per heavy atom. The minimum atomic E-state index is -0.520. The van der Waals surface area contributed by atoms with Gasteiger partial charge in [-0.25, -0.2) is 4.98 Å². The Hall–Kier alpha value is -1.61.